The zero-order valence-corrected chi connectivity index (χ0v) is 23.3. The topological polar surface area (TPSA) is 71.8 Å². The Bertz CT molecular complexity index is 1670. The van der Waals surface area contributed by atoms with Crippen LogP contribution in [-0.4, -0.2) is 31.2 Å². The van der Waals surface area contributed by atoms with Crippen LogP contribution in [0.5, 0.6) is 0 Å². The predicted octanol–water partition coefficient (Wildman–Crippen LogP) is 7.67. The number of hydrogen-bond acceptors (Lipinski definition) is 6. The molecule has 0 aliphatic heterocycles. The molecule has 0 saturated carbocycles. The molecule has 0 amide bonds. The molecule has 40 heavy (non-hydrogen) atoms. The van der Waals surface area contributed by atoms with Gasteiger partial charge in [0.2, 0.25) is 16.7 Å². The van der Waals surface area contributed by atoms with Crippen molar-refractivity contribution in [2.24, 2.45) is 10.2 Å². The summed E-state index contributed by atoms with van der Waals surface area (Å²) in [6.45, 7) is 9.89. The highest BCUT2D eigenvalue weighted by Gasteiger charge is 2.21. The number of rotatable bonds is 10. The van der Waals surface area contributed by atoms with Gasteiger partial charge in [-0.15, -0.1) is 4.57 Å². The summed E-state index contributed by atoms with van der Waals surface area (Å²) in [7, 11) is 0. The quantitative estimate of drug-likeness (QED) is 0.106. The van der Waals surface area contributed by atoms with E-state index in [1.807, 2.05) is 42.5 Å². The van der Waals surface area contributed by atoms with Crippen LogP contribution in [0.3, 0.4) is 0 Å². The molecule has 200 valence electrons. The maximum atomic E-state index is 8.92. The Morgan fingerprint density at radius 3 is 1.98 bits per heavy atom. The molecule has 4 aromatic carbocycles. The Hall–Kier alpha value is -4.83. The normalized spacial score (nSPS) is 11.2. The first-order chi connectivity index (χ1) is 19.6. The van der Waals surface area contributed by atoms with Gasteiger partial charge < -0.3 is 9.80 Å². The highest BCUT2D eigenvalue weighted by atomic mass is 15.1. The predicted molar refractivity (Wildman–Crippen MR) is 163 cm³/mol. The van der Waals surface area contributed by atoms with Crippen molar-refractivity contribution in [1.29, 1.82) is 5.26 Å². The molecule has 0 radical (unpaired) electrons. The number of nitrogens with zero attached hydrogens (tertiary/aromatic N) is 7. The van der Waals surface area contributed by atoms with Crippen molar-refractivity contribution in [1.82, 2.24) is 4.98 Å². The average Bonchev–Trinajstić information content (AvgIpc) is 3.00. The molecule has 7 nitrogen and oxygen atoms in total. The minimum atomic E-state index is 0.501. The highest BCUT2D eigenvalue weighted by molar-refractivity contribution is 5.85. The number of para-hydroxylation sites is 1. The van der Waals surface area contributed by atoms with Crippen molar-refractivity contribution in [2.45, 2.75) is 27.2 Å². The molecule has 1 heterocycles. The summed E-state index contributed by atoms with van der Waals surface area (Å²) in [6, 6.07) is 33.1. The summed E-state index contributed by atoms with van der Waals surface area (Å²) >= 11 is 0. The van der Waals surface area contributed by atoms with Gasteiger partial charge in [-0.3, -0.25) is 0 Å². The van der Waals surface area contributed by atoms with Gasteiger partial charge in [-0.1, -0.05) is 18.2 Å². The van der Waals surface area contributed by atoms with E-state index < -0.39 is 0 Å². The van der Waals surface area contributed by atoms with Gasteiger partial charge in [0.15, 0.2) is 0 Å². The fourth-order valence-corrected chi connectivity index (χ4v) is 5.03. The van der Waals surface area contributed by atoms with E-state index in [9.17, 15) is 0 Å². The van der Waals surface area contributed by atoms with Gasteiger partial charge in [0.1, 0.15) is 11.0 Å². The summed E-state index contributed by atoms with van der Waals surface area (Å²) in [6.07, 6.45) is 0.501. The first kappa shape index (κ1) is 26.8. The SMILES string of the molecule is CCN(CC)c1ccc2nc3ccc(N=Nc4ccc(N(CC)CCC#N)cc4)cc3[n+](-c3ccccc3)c2c1. The molecule has 0 N–H and O–H groups in total. The first-order valence-electron chi connectivity index (χ1n) is 13.9. The molecule has 7 heteroatoms. The molecule has 0 saturated heterocycles. The highest BCUT2D eigenvalue weighted by Crippen LogP contribution is 2.27. The molecule has 0 unspecified atom stereocenters. The van der Waals surface area contributed by atoms with Crippen molar-refractivity contribution >= 4 is 44.8 Å². The molecular weight excluding hydrogens is 494 g/mol. The lowest BCUT2D eigenvalue weighted by Gasteiger charge is -2.21. The van der Waals surface area contributed by atoms with Crippen molar-refractivity contribution in [3.8, 4) is 11.8 Å². The Morgan fingerprint density at radius 2 is 1.30 bits per heavy atom. The van der Waals surface area contributed by atoms with Gasteiger partial charge in [0.05, 0.1) is 23.9 Å². The van der Waals surface area contributed by atoms with Crippen LogP contribution in [0.1, 0.15) is 27.2 Å². The summed E-state index contributed by atoms with van der Waals surface area (Å²) in [4.78, 5) is 9.52. The van der Waals surface area contributed by atoms with E-state index >= 15 is 0 Å². The lowest BCUT2D eigenvalue weighted by Crippen LogP contribution is -2.33. The molecular formula is C33H34N7+. The van der Waals surface area contributed by atoms with E-state index in [1.54, 1.807) is 0 Å². The second-order valence-corrected chi connectivity index (χ2v) is 9.51. The van der Waals surface area contributed by atoms with E-state index in [4.69, 9.17) is 10.2 Å². The third kappa shape index (κ3) is 5.62. The molecule has 0 aliphatic rings. The van der Waals surface area contributed by atoms with Crippen LogP contribution in [0.25, 0.3) is 27.8 Å². The first-order valence-corrected chi connectivity index (χ1v) is 13.9. The van der Waals surface area contributed by atoms with Gasteiger partial charge in [-0.25, -0.2) is 4.98 Å². The maximum absolute atomic E-state index is 8.92. The minimum absolute atomic E-state index is 0.501. The van der Waals surface area contributed by atoms with Crippen molar-refractivity contribution < 1.29 is 4.57 Å². The number of fused-ring (bicyclic) bond motifs is 2. The fourth-order valence-electron chi connectivity index (χ4n) is 5.03. The third-order valence-corrected chi connectivity index (χ3v) is 7.15. The van der Waals surface area contributed by atoms with Crippen LogP contribution >= 0.6 is 0 Å². The monoisotopic (exact) mass is 528 g/mol. The van der Waals surface area contributed by atoms with Crippen LogP contribution in [0.15, 0.2) is 101 Å². The van der Waals surface area contributed by atoms with Gasteiger partial charge >= 0.3 is 0 Å². The van der Waals surface area contributed by atoms with E-state index in [0.717, 1.165) is 64.5 Å². The van der Waals surface area contributed by atoms with E-state index in [1.165, 1.54) is 5.69 Å². The molecule has 5 rings (SSSR count). The molecule has 0 spiro atoms. The molecule has 5 aromatic rings. The summed E-state index contributed by atoms with van der Waals surface area (Å²) < 4.78 is 2.26. The number of azo groups is 1. The lowest BCUT2D eigenvalue weighted by molar-refractivity contribution is -0.538. The third-order valence-electron chi connectivity index (χ3n) is 7.15. The van der Waals surface area contributed by atoms with Gasteiger partial charge in [-0.2, -0.15) is 15.5 Å². The number of anilines is 2. The summed E-state index contributed by atoms with van der Waals surface area (Å²) in [5.41, 5.74) is 8.71. The van der Waals surface area contributed by atoms with Crippen LogP contribution in [0.4, 0.5) is 22.7 Å². The molecule has 0 atom stereocenters. The van der Waals surface area contributed by atoms with Gasteiger partial charge in [0, 0.05) is 61.8 Å². The smallest absolute Gasteiger partial charge is 0.239 e. The summed E-state index contributed by atoms with van der Waals surface area (Å²) in [5.74, 6) is 0. The fraction of sp³-hybridized carbons (Fsp3) is 0.242. The van der Waals surface area contributed by atoms with Gasteiger partial charge in [0.25, 0.3) is 0 Å². The van der Waals surface area contributed by atoms with Crippen molar-refractivity contribution in [3.05, 3.63) is 91.0 Å². The van der Waals surface area contributed by atoms with E-state index in [0.29, 0.717) is 13.0 Å². The lowest BCUT2D eigenvalue weighted by atomic mass is 10.1. The Labute approximate surface area is 235 Å². The standard InChI is InChI=1S/C33H34N7/c1-4-38(5-2)29-18-20-31-33(24-29)40(28-11-8-7-9-12-28)32-23-26(15-19-30(32)35-31)37-36-25-13-16-27(17-14-25)39(6-3)22-10-21-34/h7-9,11-20,23-24H,4-6,10,22H2,1-3H3/q+1. The molecule has 1 aromatic heterocycles. The second kappa shape index (κ2) is 12.4. The minimum Gasteiger partial charge on any atom is -0.372 e. The summed E-state index contributed by atoms with van der Waals surface area (Å²) in [5, 5.41) is 18.0. The maximum Gasteiger partial charge on any atom is 0.239 e. The number of nitriles is 1. The zero-order chi connectivity index (χ0) is 27.9. The Balaban J connectivity index is 1.55. The molecule has 0 fully saturated rings. The van der Waals surface area contributed by atoms with Crippen LogP contribution in [-0.2, 0) is 0 Å². The largest absolute Gasteiger partial charge is 0.372 e. The second-order valence-electron chi connectivity index (χ2n) is 9.51. The van der Waals surface area contributed by atoms with Crippen LogP contribution in [0, 0.1) is 11.3 Å². The van der Waals surface area contributed by atoms with Gasteiger partial charge in [-0.05, 0) is 69.3 Å². The van der Waals surface area contributed by atoms with Crippen molar-refractivity contribution in [3.63, 3.8) is 0 Å². The van der Waals surface area contributed by atoms with Crippen LogP contribution in [0.2, 0.25) is 0 Å². The molecule has 0 aliphatic carbocycles. The number of aromatic nitrogens is 2. The van der Waals surface area contributed by atoms with Crippen molar-refractivity contribution in [2.75, 3.05) is 36.0 Å². The molecule has 0 bridgehead atoms. The average molecular weight is 529 g/mol. The zero-order valence-electron chi connectivity index (χ0n) is 23.3. The number of hydrogen-bond donors (Lipinski definition) is 0. The van der Waals surface area contributed by atoms with E-state index in [-0.39, 0.29) is 0 Å². The van der Waals surface area contributed by atoms with Crippen LogP contribution < -0.4 is 14.4 Å². The Morgan fingerprint density at radius 1 is 0.700 bits per heavy atom. The number of benzene rings is 4. The Kier molecular flexibility index (Phi) is 8.26. The van der Waals surface area contributed by atoms with E-state index in [2.05, 4.69) is 100.0 Å².